The first-order valence-corrected chi connectivity index (χ1v) is 4.21. The van der Waals surface area contributed by atoms with Gasteiger partial charge in [0.15, 0.2) is 0 Å². The van der Waals surface area contributed by atoms with E-state index in [0.29, 0.717) is 12.4 Å². The van der Waals surface area contributed by atoms with Crippen LogP contribution in [-0.4, -0.2) is 4.98 Å². The van der Waals surface area contributed by atoms with Gasteiger partial charge in [-0.1, -0.05) is 0 Å². The minimum atomic E-state index is -4.87. The van der Waals surface area contributed by atoms with Crippen LogP contribution in [0.3, 0.4) is 0 Å². The van der Waals surface area contributed by atoms with Gasteiger partial charge in [-0.3, -0.25) is 4.98 Å². The first kappa shape index (κ1) is 12.3. The number of rotatable bonds is 0. The van der Waals surface area contributed by atoms with E-state index in [-0.39, 0.29) is 0 Å². The molecular weight excluding hydrogens is 292 g/mol. The third-order valence-electron chi connectivity index (χ3n) is 1.49. The zero-order valence-corrected chi connectivity index (χ0v) is 8.33. The van der Waals surface area contributed by atoms with Crippen LogP contribution in [0, 0.1) is 0 Å². The smallest absolute Gasteiger partial charge is 0.263 e. The molecule has 0 bridgehead atoms. The van der Waals surface area contributed by atoms with Gasteiger partial charge >= 0.3 is 12.4 Å². The Labute approximate surface area is 88.2 Å². The van der Waals surface area contributed by atoms with Crippen LogP contribution in [0.15, 0.2) is 16.9 Å². The highest BCUT2D eigenvalue weighted by Crippen LogP contribution is 2.41. The lowest BCUT2D eigenvalue weighted by Crippen LogP contribution is -2.13. The second-order valence-corrected chi connectivity index (χ2v) is 3.34. The van der Waals surface area contributed by atoms with E-state index in [2.05, 4.69) is 20.9 Å². The first-order valence-electron chi connectivity index (χ1n) is 3.42. The largest absolute Gasteiger partial charge is 0.418 e. The van der Waals surface area contributed by atoms with Gasteiger partial charge in [-0.2, -0.15) is 26.3 Å². The Balaban J connectivity index is 3.37. The number of halogens is 7. The Morgan fingerprint density at radius 2 is 1.20 bits per heavy atom. The average Bonchev–Trinajstić information content (AvgIpc) is 1.99. The van der Waals surface area contributed by atoms with Gasteiger partial charge in [0.05, 0.1) is 11.1 Å². The van der Waals surface area contributed by atoms with Crippen LogP contribution in [-0.2, 0) is 12.4 Å². The Kier molecular flexibility index (Phi) is 2.99. The standard InChI is InChI=1S/C7H2BrF6N/c8-5-3(6(9,10)11)1-15-2-4(5)7(12,13)14/h1-2H. The van der Waals surface area contributed by atoms with Crippen molar-refractivity contribution in [3.63, 3.8) is 0 Å². The molecule has 0 aliphatic rings. The molecule has 0 radical (unpaired) electrons. The third-order valence-corrected chi connectivity index (χ3v) is 2.35. The Morgan fingerprint density at radius 1 is 0.867 bits per heavy atom. The van der Waals surface area contributed by atoms with Gasteiger partial charge in [-0.15, -0.1) is 0 Å². The van der Waals surface area contributed by atoms with Crippen LogP contribution >= 0.6 is 15.9 Å². The molecule has 0 N–H and O–H groups in total. The van der Waals surface area contributed by atoms with Gasteiger partial charge in [0.1, 0.15) is 0 Å². The number of nitrogens with zero attached hydrogens (tertiary/aromatic N) is 1. The summed E-state index contributed by atoms with van der Waals surface area (Å²) in [4.78, 5) is 2.91. The summed E-state index contributed by atoms with van der Waals surface area (Å²) >= 11 is 2.27. The van der Waals surface area contributed by atoms with Crippen LogP contribution in [0.25, 0.3) is 0 Å². The monoisotopic (exact) mass is 293 g/mol. The summed E-state index contributed by atoms with van der Waals surface area (Å²) in [5.74, 6) is 0. The molecule has 0 amide bonds. The summed E-state index contributed by atoms with van der Waals surface area (Å²) in [5.41, 5.74) is -2.89. The van der Waals surface area contributed by atoms with Crippen LogP contribution < -0.4 is 0 Å². The highest BCUT2D eigenvalue weighted by Gasteiger charge is 2.40. The summed E-state index contributed by atoms with van der Waals surface area (Å²) in [5, 5.41) is 0. The number of aromatic nitrogens is 1. The van der Waals surface area contributed by atoms with Crippen molar-refractivity contribution < 1.29 is 26.3 Å². The number of hydrogen-bond acceptors (Lipinski definition) is 1. The molecule has 0 aliphatic carbocycles. The third kappa shape index (κ3) is 2.61. The number of pyridine rings is 1. The van der Waals surface area contributed by atoms with Crippen molar-refractivity contribution in [3.8, 4) is 0 Å². The van der Waals surface area contributed by atoms with Crippen LogP contribution in [0.1, 0.15) is 11.1 Å². The van der Waals surface area contributed by atoms with Gasteiger partial charge in [0, 0.05) is 16.9 Å². The van der Waals surface area contributed by atoms with Crippen molar-refractivity contribution in [2.45, 2.75) is 12.4 Å². The van der Waals surface area contributed by atoms with E-state index in [4.69, 9.17) is 0 Å². The Morgan fingerprint density at radius 3 is 1.47 bits per heavy atom. The summed E-state index contributed by atoms with van der Waals surface area (Å²) in [7, 11) is 0. The Hall–Kier alpha value is -0.790. The van der Waals surface area contributed by atoms with Gasteiger partial charge < -0.3 is 0 Å². The van der Waals surface area contributed by atoms with Crippen molar-refractivity contribution in [1.82, 2.24) is 4.98 Å². The average molecular weight is 294 g/mol. The molecule has 1 rings (SSSR count). The molecule has 0 spiro atoms. The minimum Gasteiger partial charge on any atom is -0.263 e. The fourth-order valence-corrected chi connectivity index (χ4v) is 1.49. The molecule has 0 atom stereocenters. The summed E-state index contributed by atoms with van der Waals surface area (Å²) in [6.07, 6.45) is -9.07. The number of alkyl halides is 6. The maximum Gasteiger partial charge on any atom is 0.418 e. The van der Waals surface area contributed by atoms with E-state index in [1.807, 2.05) is 0 Å². The van der Waals surface area contributed by atoms with E-state index in [1.165, 1.54) is 0 Å². The van der Waals surface area contributed by atoms with Crippen molar-refractivity contribution in [3.05, 3.63) is 28.0 Å². The maximum atomic E-state index is 12.2. The summed E-state index contributed by atoms with van der Waals surface area (Å²) in [6, 6.07) is 0. The molecule has 1 aromatic heterocycles. The normalized spacial score (nSPS) is 13.0. The second kappa shape index (κ2) is 3.66. The molecule has 15 heavy (non-hydrogen) atoms. The zero-order valence-electron chi connectivity index (χ0n) is 6.75. The van der Waals surface area contributed by atoms with E-state index < -0.39 is 28.0 Å². The van der Waals surface area contributed by atoms with E-state index >= 15 is 0 Å². The predicted molar refractivity (Wildman–Crippen MR) is 41.9 cm³/mol. The zero-order chi connectivity index (χ0) is 11.9. The van der Waals surface area contributed by atoms with E-state index in [1.54, 1.807) is 0 Å². The number of hydrogen-bond donors (Lipinski definition) is 0. The molecule has 84 valence electrons. The van der Waals surface area contributed by atoms with Gasteiger partial charge in [-0.05, 0) is 15.9 Å². The van der Waals surface area contributed by atoms with Crippen molar-refractivity contribution in [2.75, 3.05) is 0 Å². The molecule has 0 aliphatic heterocycles. The molecule has 0 aromatic carbocycles. The molecule has 0 fully saturated rings. The topological polar surface area (TPSA) is 12.9 Å². The second-order valence-electron chi connectivity index (χ2n) is 2.54. The van der Waals surface area contributed by atoms with Crippen molar-refractivity contribution >= 4 is 15.9 Å². The van der Waals surface area contributed by atoms with Crippen molar-refractivity contribution in [1.29, 1.82) is 0 Å². The van der Waals surface area contributed by atoms with Crippen molar-refractivity contribution in [2.24, 2.45) is 0 Å². The fourth-order valence-electron chi connectivity index (χ4n) is 0.840. The lowest BCUT2D eigenvalue weighted by atomic mass is 10.2. The lowest BCUT2D eigenvalue weighted by Gasteiger charge is -2.13. The highest BCUT2D eigenvalue weighted by molar-refractivity contribution is 9.10. The fraction of sp³-hybridized carbons (Fsp3) is 0.286. The molecular formula is C7H2BrF6N. The van der Waals surface area contributed by atoms with E-state index in [9.17, 15) is 26.3 Å². The molecule has 0 unspecified atom stereocenters. The van der Waals surface area contributed by atoms with E-state index in [0.717, 1.165) is 0 Å². The molecule has 0 saturated heterocycles. The molecule has 1 nitrogen and oxygen atoms in total. The highest BCUT2D eigenvalue weighted by atomic mass is 79.9. The predicted octanol–water partition coefficient (Wildman–Crippen LogP) is 3.88. The van der Waals surface area contributed by atoms with Gasteiger partial charge in [0.25, 0.3) is 0 Å². The van der Waals surface area contributed by atoms with Crippen LogP contribution in [0.4, 0.5) is 26.3 Å². The van der Waals surface area contributed by atoms with Gasteiger partial charge in [-0.25, -0.2) is 0 Å². The summed E-state index contributed by atoms with van der Waals surface area (Å²) < 4.78 is 72.0. The lowest BCUT2D eigenvalue weighted by molar-refractivity contribution is -0.144. The quantitative estimate of drug-likeness (QED) is 0.662. The van der Waals surface area contributed by atoms with Gasteiger partial charge in [0.2, 0.25) is 0 Å². The molecule has 1 aromatic rings. The molecule has 8 heteroatoms. The minimum absolute atomic E-state index is 0.333. The Bertz CT molecular complexity index is 336. The maximum absolute atomic E-state index is 12.2. The van der Waals surface area contributed by atoms with Crippen LogP contribution in [0.2, 0.25) is 0 Å². The first-order chi connectivity index (χ1) is 6.64. The SMILES string of the molecule is FC(F)(F)c1cncc(C(F)(F)F)c1Br. The molecule has 0 saturated carbocycles. The molecule has 1 heterocycles. The van der Waals surface area contributed by atoms with Crippen LogP contribution in [0.5, 0.6) is 0 Å². The summed E-state index contributed by atoms with van der Waals surface area (Å²) in [6.45, 7) is 0.